The van der Waals surface area contributed by atoms with Crippen molar-refractivity contribution >= 4 is 11.3 Å². The topological polar surface area (TPSA) is 20.2 Å². The zero-order chi connectivity index (χ0) is 12.6. The molecule has 0 amide bonds. The third-order valence-electron chi connectivity index (χ3n) is 2.60. The average molecular weight is 254 g/mol. The van der Waals surface area contributed by atoms with Gasteiger partial charge in [-0.1, -0.05) is 0 Å². The molecule has 1 aromatic heterocycles. The average Bonchev–Trinajstić information content (AvgIpc) is 2.69. The molecule has 1 aromatic carbocycles. The van der Waals surface area contributed by atoms with Gasteiger partial charge < -0.3 is 5.11 Å². The van der Waals surface area contributed by atoms with Gasteiger partial charge in [0, 0.05) is 21.4 Å². The van der Waals surface area contributed by atoms with Crippen molar-refractivity contribution in [3.05, 3.63) is 56.8 Å². The summed E-state index contributed by atoms with van der Waals surface area (Å²) in [5.74, 6) is -1.31. The van der Waals surface area contributed by atoms with Gasteiger partial charge in [-0.05, 0) is 37.6 Å². The fourth-order valence-corrected chi connectivity index (χ4v) is 2.53. The van der Waals surface area contributed by atoms with Crippen LogP contribution in [0, 0.1) is 25.5 Å². The van der Waals surface area contributed by atoms with E-state index in [1.165, 1.54) is 17.4 Å². The minimum atomic E-state index is -1.03. The van der Waals surface area contributed by atoms with E-state index in [0.29, 0.717) is 10.4 Å². The van der Waals surface area contributed by atoms with E-state index in [9.17, 15) is 13.9 Å². The normalized spacial score (nSPS) is 12.8. The van der Waals surface area contributed by atoms with Gasteiger partial charge in [0.15, 0.2) is 0 Å². The molecule has 1 atom stereocenters. The quantitative estimate of drug-likeness (QED) is 0.866. The molecule has 1 heterocycles. The van der Waals surface area contributed by atoms with Gasteiger partial charge >= 0.3 is 0 Å². The van der Waals surface area contributed by atoms with E-state index in [2.05, 4.69) is 0 Å². The van der Waals surface area contributed by atoms with Crippen LogP contribution in [0.25, 0.3) is 0 Å². The van der Waals surface area contributed by atoms with Crippen molar-refractivity contribution in [3.8, 4) is 0 Å². The maximum absolute atomic E-state index is 13.6. The molecule has 0 aliphatic carbocycles. The zero-order valence-electron chi connectivity index (χ0n) is 9.50. The predicted octanol–water partition coefficient (Wildman–Crippen LogP) is 3.72. The van der Waals surface area contributed by atoms with Gasteiger partial charge in [0.1, 0.15) is 17.7 Å². The van der Waals surface area contributed by atoms with E-state index < -0.39 is 17.7 Å². The van der Waals surface area contributed by atoms with Gasteiger partial charge in [0.05, 0.1) is 0 Å². The molecule has 1 unspecified atom stereocenters. The summed E-state index contributed by atoms with van der Waals surface area (Å²) in [5, 5.41) is 10.0. The standard InChI is InChI=1S/C13H12F2OS/c1-7-5-9(11(15)6-10(7)14)13(16)12-4-3-8(2)17-12/h3-6,13,16H,1-2H3. The van der Waals surface area contributed by atoms with Gasteiger partial charge in [-0.15, -0.1) is 11.3 Å². The van der Waals surface area contributed by atoms with Crippen molar-refractivity contribution in [2.24, 2.45) is 0 Å². The van der Waals surface area contributed by atoms with E-state index in [0.717, 1.165) is 10.9 Å². The lowest BCUT2D eigenvalue weighted by atomic mass is 10.0. The highest BCUT2D eigenvalue weighted by atomic mass is 32.1. The molecule has 17 heavy (non-hydrogen) atoms. The third kappa shape index (κ3) is 2.37. The Morgan fingerprint density at radius 1 is 1.12 bits per heavy atom. The molecule has 1 nitrogen and oxygen atoms in total. The number of aryl methyl sites for hydroxylation is 2. The van der Waals surface area contributed by atoms with Gasteiger partial charge in [-0.2, -0.15) is 0 Å². The minimum Gasteiger partial charge on any atom is -0.383 e. The molecule has 0 aliphatic rings. The smallest absolute Gasteiger partial charge is 0.132 e. The van der Waals surface area contributed by atoms with Crippen LogP contribution in [0.3, 0.4) is 0 Å². The summed E-state index contributed by atoms with van der Waals surface area (Å²) in [6, 6.07) is 5.78. The van der Waals surface area contributed by atoms with Crippen LogP contribution in [0.5, 0.6) is 0 Å². The monoisotopic (exact) mass is 254 g/mol. The molecule has 0 bridgehead atoms. The van der Waals surface area contributed by atoms with Crippen LogP contribution in [0.1, 0.15) is 27.0 Å². The lowest BCUT2D eigenvalue weighted by Crippen LogP contribution is -2.02. The van der Waals surface area contributed by atoms with E-state index >= 15 is 0 Å². The van der Waals surface area contributed by atoms with Crippen molar-refractivity contribution in [2.75, 3.05) is 0 Å². The SMILES string of the molecule is Cc1ccc(C(O)c2cc(C)c(F)cc2F)s1. The van der Waals surface area contributed by atoms with Crippen molar-refractivity contribution in [1.29, 1.82) is 0 Å². The molecule has 2 aromatic rings. The first-order valence-corrected chi connectivity index (χ1v) is 6.00. The Kier molecular flexibility index (Phi) is 3.26. The number of aliphatic hydroxyl groups excluding tert-OH is 1. The van der Waals surface area contributed by atoms with Crippen LogP contribution in [0.2, 0.25) is 0 Å². The summed E-state index contributed by atoms with van der Waals surface area (Å²) in [6.45, 7) is 3.46. The summed E-state index contributed by atoms with van der Waals surface area (Å²) < 4.78 is 26.7. The first kappa shape index (κ1) is 12.2. The summed E-state index contributed by atoms with van der Waals surface area (Å²) in [6.07, 6.45) is -1.03. The lowest BCUT2D eigenvalue weighted by molar-refractivity contribution is 0.218. The van der Waals surface area contributed by atoms with E-state index in [1.807, 2.05) is 13.0 Å². The highest BCUT2D eigenvalue weighted by Crippen LogP contribution is 2.30. The Morgan fingerprint density at radius 2 is 1.82 bits per heavy atom. The van der Waals surface area contributed by atoms with E-state index in [-0.39, 0.29) is 5.56 Å². The Morgan fingerprint density at radius 3 is 2.41 bits per heavy atom. The molecule has 0 radical (unpaired) electrons. The number of thiophene rings is 1. The summed E-state index contributed by atoms with van der Waals surface area (Å²) in [5.41, 5.74) is 0.444. The number of hydrogen-bond donors (Lipinski definition) is 1. The van der Waals surface area contributed by atoms with Gasteiger partial charge in [0.25, 0.3) is 0 Å². The predicted molar refractivity (Wildman–Crippen MR) is 64.2 cm³/mol. The molecular weight excluding hydrogens is 242 g/mol. The summed E-state index contributed by atoms with van der Waals surface area (Å²) in [4.78, 5) is 1.70. The van der Waals surface area contributed by atoms with Crippen LogP contribution in [0.4, 0.5) is 8.78 Å². The first-order chi connectivity index (χ1) is 7.99. The second kappa shape index (κ2) is 4.55. The van der Waals surface area contributed by atoms with Gasteiger partial charge in [-0.3, -0.25) is 0 Å². The molecule has 1 N–H and O–H groups in total. The number of benzene rings is 1. The number of aliphatic hydroxyl groups is 1. The molecule has 0 saturated carbocycles. The van der Waals surface area contributed by atoms with Crippen molar-refractivity contribution < 1.29 is 13.9 Å². The Bertz CT molecular complexity index is 548. The fraction of sp³-hybridized carbons (Fsp3) is 0.231. The Balaban J connectivity index is 2.43. The van der Waals surface area contributed by atoms with Gasteiger partial charge in [0.2, 0.25) is 0 Å². The van der Waals surface area contributed by atoms with Crippen molar-refractivity contribution in [2.45, 2.75) is 20.0 Å². The number of rotatable bonds is 2. The van der Waals surface area contributed by atoms with E-state index in [1.54, 1.807) is 13.0 Å². The third-order valence-corrected chi connectivity index (χ3v) is 3.66. The van der Waals surface area contributed by atoms with Crippen LogP contribution in [-0.2, 0) is 0 Å². The Hall–Kier alpha value is -1.26. The number of halogens is 2. The number of hydrogen-bond acceptors (Lipinski definition) is 2. The maximum atomic E-state index is 13.6. The summed E-state index contributed by atoms with van der Waals surface area (Å²) >= 11 is 1.40. The minimum absolute atomic E-state index is 0.116. The maximum Gasteiger partial charge on any atom is 0.132 e. The van der Waals surface area contributed by atoms with Crippen molar-refractivity contribution in [3.63, 3.8) is 0 Å². The second-order valence-corrected chi connectivity index (χ2v) is 5.29. The highest BCUT2D eigenvalue weighted by Gasteiger charge is 2.18. The molecule has 0 saturated heterocycles. The molecule has 90 valence electrons. The van der Waals surface area contributed by atoms with Crippen LogP contribution >= 0.6 is 11.3 Å². The molecule has 0 fully saturated rings. The lowest BCUT2D eigenvalue weighted by Gasteiger charge is -2.11. The molecule has 0 aliphatic heterocycles. The second-order valence-electron chi connectivity index (χ2n) is 3.97. The fourth-order valence-electron chi connectivity index (χ4n) is 1.64. The van der Waals surface area contributed by atoms with Gasteiger partial charge in [-0.25, -0.2) is 8.78 Å². The van der Waals surface area contributed by atoms with E-state index in [4.69, 9.17) is 0 Å². The molecule has 0 spiro atoms. The molecule has 4 heteroatoms. The first-order valence-electron chi connectivity index (χ1n) is 5.19. The zero-order valence-corrected chi connectivity index (χ0v) is 10.3. The van der Waals surface area contributed by atoms with Crippen LogP contribution in [0.15, 0.2) is 24.3 Å². The molecule has 2 rings (SSSR count). The molecular formula is C13H12F2OS. The van der Waals surface area contributed by atoms with Crippen molar-refractivity contribution in [1.82, 2.24) is 0 Å². The highest BCUT2D eigenvalue weighted by molar-refractivity contribution is 7.12. The van der Waals surface area contributed by atoms with Crippen LogP contribution in [-0.4, -0.2) is 5.11 Å². The Labute approximate surface area is 102 Å². The van der Waals surface area contributed by atoms with Crippen LogP contribution < -0.4 is 0 Å². The largest absolute Gasteiger partial charge is 0.383 e. The summed E-state index contributed by atoms with van der Waals surface area (Å²) in [7, 11) is 0.